The molecule has 100 valence electrons. The highest BCUT2D eigenvalue weighted by Crippen LogP contribution is 2.18. The predicted octanol–water partition coefficient (Wildman–Crippen LogP) is 3.78. The van der Waals surface area contributed by atoms with Gasteiger partial charge >= 0.3 is 0 Å². The largest absolute Gasteiger partial charge is 0.489 e. The van der Waals surface area contributed by atoms with E-state index in [-0.39, 0.29) is 12.4 Å². The summed E-state index contributed by atoms with van der Waals surface area (Å²) in [5.41, 5.74) is 1.62. The maximum atomic E-state index is 13.5. The van der Waals surface area contributed by atoms with Crippen LogP contribution in [0.2, 0.25) is 5.02 Å². The van der Waals surface area contributed by atoms with Crippen molar-refractivity contribution in [3.63, 3.8) is 0 Å². The summed E-state index contributed by atoms with van der Waals surface area (Å²) in [6, 6.07) is 12.1. The number of ether oxygens (including phenoxy) is 1. The van der Waals surface area contributed by atoms with Crippen molar-refractivity contribution >= 4 is 11.6 Å². The van der Waals surface area contributed by atoms with Crippen LogP contribution < -0.4 is 10.1 Å². The second-order valence-corrected chi connectivity index (χ2v) is 4.64. The van der Waals surface area contributed by atoms with Gasteiger partial charge in [-0.2, -0.15) is 0 Å². The van der Waals surface area contributed by atoms with E-state index >= 15 is 0 Å². The van der Waals surface area contributed by atoms with E-state index in [2.05, 4.69) is 5.32 Å². The van der Waals surface area contributed by atoms with Crippen LogP contribution in [0.3, 0.4) is 0 Å². The van der Waals surface area contributed by atoms with Gasteiger partial charge in [0.2, 0.25) is 0 Å². The Hall–Kier alpha value is -1.58. The maximum Gasteiger partial charge on any atom is 0.129 e. The average Bonchev–Trinajstić information content (AvgIpc) is 2.42. The van der Waals surface area contributed by atoms with Crippen LogP contribution in [0.4, 0.5) is 4.39 Å². The molecular formula is C15H15ClFNO. The monoisotopic (exact) mass is 279 g/mol. The van der Waals surface area contributed by atoms with Crippen LogP contribution in [-0.2, 0) is 13.2 Å². The predicted molar refractivity (Wildman–Crippen MR) is 74.9 cm³/mol. The van der Waals surface area contributed by atoms with Crippen molar-refractivity contribution in [1.82, 2.24) is 5.32 Å². The summed E-state index contributed by atoms with van der Waals surface area (Å²) in [5.74, 6) is 0.399. The molecule has 0 aliphatic heterocycles. The van der Waals surface area contributed by atoms with E-state index in [1.165, 1.54) is 17.7 Å². The fraction of sp³-hybridized carbons (Fsp3) is 0.200. The molecule has 0 aromatic heterocycles. The average molecular weight is 280 g/mol. The molecule has 0 heterocycles. The fourth-order valence-corrected chi connectivity index (χ4v) is 1.92. The van der Waals surface area contributed by atoms with Gasteiger partial charge in [0, 0.05) is 17.1 Å². The molecule has 2 rings (SSSR count). The van der Waals surface area contributed by atoms with E-state index in [0.717, 1.165) is 6.54 Å². The molecule has 2 aromatic carbocycles. The van der Waals surface area contributed by atoms with E-state index in [0.29, 0.717) is 16.3 Å². The zero-order chi connectivity index (χ0) is 13.7. The lowest BCUT2D eigenvalue weighted by Crippen LogP contribution is -2.04. The first kappa shape index (κ1) is 13.8. The molecule has 4 heteroatoms. The lowest BCUT2D eigenvalue weighted by molar-refractivity contribution is 0.300. The van der Waals surface area contributed by atoms with Crippen LogP contribution in [0.5, 0.6) is 5.75 Å². The Morgan fingerprint density at radius 1 is 1.16 bits per heavy atom. The molecular weight excluding hydrogens is 265 g/mol. The van der Waals surface area contributed by atoms with Gasteiger partial charge in [0.15, 0.2) is 0 Å². The fourth-order valence-electron chi connectivity index (χ4n) is 1.72. The van der Waals surface area contributed by atoms with Crippen LogP contribution in [0.15, 0.2) is 42.5 Å². The van der Waals surface area contributed by atoms with E-state index < -0.39 is 0 Å². The first-order valence-corrected chi connectivity index (χ1v) is 6.37. The quantitative estimate of drug-likeness (QED) is 0.899. The molecule has 0 unspecified atom stereocenters. The van der Waals surface area contributed by atoms with Gasteiger partial charge in [-0.25, -0.2) is 4.39 Å². The number of hydrogen-bond donors (Lipinski definition) is 1. The van der Waals surface area contributed by atoms with Crippen LogP contribution in [-0.4, -0.2) is 7.05 Å². The number of hydrogen-bond acceptors (Lipinski definition) is 2. The van der Waals surface area contributed by atoms with Gasteiger partial charge in [0.05, 0.1) is 0 Å². The third-order valence-electron chi connectivity index (χ3n) is 2.71. The molecule has 0 saturated carbocycles. The minimum atomic E-state index is -0.309. The molecule has 0 amide bonds. The summed E-state index contributed by atoms with van der Waals surface area (Å²) in [4.78, 5) is 0. The Balaban J connectivity index is 2.00. The summed E-state index contributed by atoms with van der Waals surface area (Å²) in [7, 11) is 1.90. The van der Waals surface area contributed by atoms with Gasteiger partial charge in [-0.3, -0.25) is 0 Å². The maximum absolute atomic E-state index is 13.5. The highest BCUT2D eigenvalue weighted by molar-refractivity contribution is 6.30. The lowest BCUT2D eigenvalue weighted by atomic mass is 10.2. The topological polar surface area (TPSA) is 21.3 Å². The van der Waals surface area contributed by atoms with Crippen molar-refractivity contribution in [3.05, 3.63) is 64.4 Å². The molecule has 2 aromatic rings. The molecule has 0 bridgehead atoms. The van der Waals surface area contributed by atoms with Gasteiger partial charge in [-0.1, -0.05) is 23.7 Å². The molecule has 0 radical (unpaired) electrons. The summed E-state index contributed by atoms with van der Waals surface area (Å²) in [6.07, 6.45) is 0. The molecule has 2 nitrogen and oxygen atoms in total. The molecule has 0 saturated heterocycles. The molecule has 0 fully saturated rings. The highest BCUT2D eigenvalue weighted by atomic mass is 35.5. The van der Waals surface area contributed by atoms with Crippen molar-refractivity contribution in [2.45, 2.75) is 13.2 Å². The van der Waals surface area contributed by atoms with Crippen molar-refractivity contribution in [1.29, 1.82) is 0 Å². The van der Waals surface area contributed by atoms with Crippen molar-refractivity contribution in [2.24, 2.45) is 0 Å². The number of nitrogens with one attached hydrogen (secondary N) is 1. The minimum Gasteiger partial charge on any atom is -0.489 e. The van der Waals surface area contributed by atoms with Crippen molar-refractivity contribution < 1.29 is 9.13 Å². The number of rotatable bonds is 5. The summed E-state index contributed by atoms with van der Waals surface area (Å²) < 4.78 is 19.0. The van der Waals surface area contributed by atoms with Crippen molar-refractivity contribution in [3.8, 4) is 5.75 Å². The Labute approximate surface area is 117 Å². The molecule has 0 atom stereocenters. The number of halogens is 2. The molecule has 19 heavy (non-hydrogen) atoms. The molecule has 0 aliphatic rings. The Morgan fingerprint density at radius 3 is 2.58 bits per heavy atom. The minimum absolute atomic E-state index is 0.164. The summed E-state index contributed by atoms with van der Waals surface area (Å²) in [6.45, 7) is 0.973. The second kappa shape index (κ2) is 6.55. The van der Waals surface area contributed by atoms with Gasteiger partial charge in [0.1, 0.15) is 18.2 Å². The van der Waals surface area contributed by atoms with Crippen molar-refractivity contribution in [2.75, 3.05) is 7.05 Å². The Bertz CT molecular complexity index is 542. The Morgan fingerprint density at radius 2 is 1.89 bits per heavy atom. The van der Waals surface area contributed by atoms with Gasteiger partial charge in [-0.15, -0.1) is 0 Å². The van der Waals surface area contributed by atoms with Gasteiger partial charge < -0.3 is 10.1 Å². The van der Waals surface area contributed by atoms with Crippen LogP contribution in [0.1, 0.15) is 11.1 Å². The van der Waals surface area contributed by atoms with E-state index in [9.17, 15) is 4.39 Å². The SMILES string of the molecule is CNCc1ccc(OCc2cc(Cl)ccc2F)cc1. The van der Waals surface area contributed by atoms with Crippen LogP contribution in [0.25, 0.3) is 0 Å². The number of benzene rings is 2. The first-order chi connectivity index (χ1) is 9.19. The first-order valence-electron chi connectivity index (χ1n) is 5.99. The van der Waals surface area contributed by atoms with Gasteiger partial charge in [-0.05, 0) is 42.9 Å². The Kier molecular flexibility index (Phi) is 4.77. The zero-order valence-electron chi connectivity index (χ0n) is 10.6. The lowest BCUT2D eigenvalue weighted by Gasteiger charge is -2.08. The van der Waals surface area contributed by atoms with E-state index in [1.807, 2.05) is 31.3 Å². The highest BCUT2D eigenvalue weighted by Gasteiger charge is 2.04. The smallest absolute Gasteiger partial charge is 0.129 e. The molecule has 1 N–H and O–H groups in total. The second-order valence-electron chi connectivity index (χ2n) is 4.20. The third kappa shape index (κ3) is 3.94. The van der Waals surface area contributed by atoms with E-state index in [1.54, 1.807) is 6.07 Å². The third-order valence-corrected chi connectivity index (χ3v) is 2.94. The standard InChI is InChI=1S/C15H15ClFNO/c1-18-9-11-2-5-14(6-3-11)19-10-12-8-13(16)4-7-15(12)17/h2-8,18H,9-10H2,1H3. The molecule has 0 spiro atoms. The van der Waals surface area contributed by atoms with Gasteiger partial charge in [0.25, 0.3) is 0 Å². The summed E-state index contributed by atoms with van der Waals surface area (Å²) >= 11 is 5.82. The zero-order valence-corrected chi connectivity index (χ0v) is 11.4. The van der Waals surface area contributed by atoms with E-state index in [4.69, 9.17) is 16.3 Å². The van der Waals surface area contributed by atoms with Crippen LogP contribution in [0, 0.1) is 5.82 Å². The van der Waals surface area contributed by atoms with Crippen LogP contribution >= 0.6 is 11.6 Å². The normalized spacial score (nSPS) is 10.5. The molecule has 0 aliphatic carbocycles. The summed E-state index contributed by atoms with van der Waals surface area (Å²) in [5, 5.41) is 3.57.